The van der Waals surface area contributed by atoms with Gasteiger partial charge >= 0.3 is 0 Å². The van der Waals surface area contributed by atoms with Gasteiger partial charge in [0.1, 0.15) is 5.69 Å². The molecule has 1 aromatic rings. The summed E-state index contributed by atoms with van der Waals surface area (Å²) in [7, 11) is 6.20. The van der Waals surface area contributed by atoms with E-state index in [1.165, 1.54) is 0 Å². The maximum atomic E-state index is 11.1. The number of carbonyl (C=O) groups is 1. The van der Waals surface area contributed by atoms with E-state index in [9.17, 15) is 4.79 Å². The molecule has 0 heterocycles. The van der Waals surface area contributed by atoms with Crippen molar-refractivity contribution in [1.29, 1.82) is 0 Å². The van der Waals surface area contributed by atoms with Gasteiger partial charge in [0, 0.05) is 5.56 Å². The molecular formula is C10H16N3O+. The van der Waals surface area contributed by atoms with Crippen LogP contribution in [0.25, 0.3) is 0 Å². The molecule has 0 saturated carbocycles. The van der Waals surface area contributed by atoms with E-state index < -0.39 is 0 Å². The first-order valence-corrected chi connectivity index (χ1v) is 4.38. The highest BCUT2D eigenvalue weighted by atomic mass is 16.2. The fraction of sp³-hybridized carbons (Fsp3) is 0.300. The van der Waals surface area contributed by atoms with Gasteiger partial charge in [0.25, 0.3) is 5.91 Å². The summed E-state index contributed by atoms with van der Waals surface area (Å²) in [5, 5.41) is 0. The maximum absolute atomic E-state index is 11.1. The van der Waals surface area contributed by atoms with E-state index in [1.807, 2.05) is 12.1 Å². The Balaban J connectivity index is 2.95. The van der Waals surface area contributed by atoms with Gasteiger partial charge in [-0.05, 0) is 24.3 Å². The highest BCUT2D eigenvalue weighted by Gasteiger charge is 2.12. The summed E-state index contributed by atoms with van der Waals surface area (Å²) < 4.78 is 0.727. The molecule has 0 aliphatic rings. The molecule has 4 heteroatoms. The summed E-state index contributed by atoms with van der Waals surface area (Å²) in [5.74, 6) is 4.76. The van der Waals surface area contributed by atoms with Crippen molar-refractivity contribution in [2.45, 2.75) is 0 Å². The summed E-state index contributed by atoms with van der Waals surface area (Å²) in [6, 6.07) is 7.37. The third kappa shape index (κ3) is 2.31. The Labute approximate surface area is 83.9 Å². The number of hydrogen-bond acceptors (Lipinski definition) is 2. The Kier molecular flexibility index (Phi) is 2.88. The SMILES string of the molecule is C[N+](C)(C)c1ccc(C(=O)NN)cc1. The number of quaternary nitrogens is 1. The molecule has 0 bridgehead atoms. The fourth-order valence-corrected chi connectivity index (χ4v) is 1.14. The number of nitrogens with two attached hydrogens (primary N) is 1. The summed E-state index contributed by atoms with van der Waals surface area (Å²) >= 11 is 0. The molecule has 1 rings (SSSR count). The molecule has 4 nitrogen and oxygen atoms in total. The molecule has 0 unspecified atom stereocenters. The van der Waals surface area contributed by atoms with Crippen LogP contribution >= 0.6 is 0 Å². The van der Waals surface area contributed by atoms with Gasteiger partial charge in [0.05, 0.1) is 21.1 Å². The molecule has 0 fully saturated rings. The van der Waals surface area contributed by atoms with Crippen molar-refractivity contribution in [3.05, 3.63) is 29.8 Å². The number of benzene rings is 1. The van der Waals surface area contributed by atoms with Crippen LogP contribution < -0.4 is 15.8 Å². The predicted molar refractivity (Wildman–Crippen MR) is 57.7 cm³/mol. The highest BCUT2D eigenvalue weighted by molar-refractivity contribution is 5.93. The topological polar surface area (TPSA) is 55.1 Å². The molecule has 76 valence electrons. The first kappa shape index (κ1) is 10.7. The van der Waals surface area contributed by atoms with Crippen LogP contribution in [0.1, 0.15) is 10.4 Å². The fourth-order valence-electron chi connectivity index (χ4n) is 1.14. The Morgan fingerprint density at radius 1 is 1.21 bits per heavy atom. The van der Waals surface area contributed by atoms with E-state index >= 15 is 0 Å². The molecule has 0 saturated heterocycles. The van der Waals surface area contributed by atoms with Crippen molar-refractivity contribution in [3.8, 4) is 0 Å². The van der Waals surface area contributed by atoms with Gasteiger partial charge in [0.2, 0.25) is 0 Å². The normalized spacial score (nSPS) is 11.1. The minimum Gasteiger partial charge on any atom is -0.298 e. The van der Waals surface area contributed by atoms with E-state index in [0.29, 0.717) is 5.56 Å². The number of carbonyl (C=O) groups excluding carboxylic acids is 1. The van der Waals surface area contributed by atoms with Crippen molar-refractivity contribution in [2.24, 2.45) is 5.84 Å². The van der Waals surface area contributed by atoms with Crippen LogP contribution in [0.3, 0.4) is 0 Å². The Bertz CT molecular complexity index is 324. The second-order valence-corrected chi connectivity index (χ2v) is 4.03. The van der Waals surface area contributed by atoms with Crippen molar-refractivity contribution in [2.75, 3.05) is 21.1 Å². The van der Waals surface area contributed by atoms with Crippen LogP contribution in [-0.2, 0) is 0 Å². The number of hydrazine groups is 1. The maximum Gasteiger partial charge on any atom is 0.265 e. The lowest BCUT2D eigenvalue weighted by molar-refractivity contribution is 0.0953. The van der Waals surface area contributed by atoms with Gasteiger partial charge in [-0.1, -0.05) is 0 Å². The summed E-state index contributed by atoms with van der Waals surface area (Å²) in [6.45, 7) is 0. The lowest BCUT2D eigenvalue weighted by Gasteiger charge is -2.23. The lowest BCUT2D eigenvalue weighted by Crippen LogP contribution is -2.35. The number of hydrogen-bond donors (Lipinski definition) is 2. The Hall–Kier alpha value is -1.39. The van der Waals surface area contributed by atoms with Crippen molar-refractivity contribution in [1.82, 2.24) is 9.91 Å². The Morgan fingerprint density at radius 2 is 1.71 bits per heavy atom. The van der Waals surface area contributed by atoms with Crippen LogP contribution in [0.2, 0.25) is 0 Å². The molecular weight excluding hydrogens is 178 g/mol. The van der Waals surface area contributed by atoms with E-state index in [1.54, 1.807) is 12.1 Å². The smallest absolute Gasteiger partial charge is 0.265 e. The number of rotatable bonds is 2. The molecule has 0 aliphatic heterocycles. The average molecular weight is 194 g/mol. The molecule has 1 amide bonds. The highest BCUT2D eigenvalue weighted by Crippen LogP contribution is 2.16. The first-order chi connectivity index (χ1) is 6.45. The second kappa shape index (κ2) is 3.77. The third-order valence-electron chi connectivity index (χ3n) is 2.04. The molecule has 0 aliphatic carbocycles. The van der Waals surface area contributed by atoms with Crippen LogP contribution in [0, 0.1) is 0 Å². The lowest BCUT2D eigenvalue weighted by atomic mass is 10.2. The Morgan fingerprint density at radius 3 is 2.07 bits per heavy atom. The number of nitrogen functional groups attached to an aromatic ring is 1. The molecule has 0 aromatic heterocycles. The third-order valence-corrected chi connectivity index (χ3v) is 2.04. The monoisotopic (exact) mass is 194 g/mol. The van der Waals surface area contributed by atoms with Gasteiger partial charge in [0.15, 0.2) is 0 Å². The van der Waals surface area contributed by atoms with E-state index in [2.05, 4.69) is 26.6 Å². The molecule has 0 radical (unpaired) electrons. The van der Waals surface area contributed by atoms with Crippen LogP contribution in [0.15, 0.2) is 24.3 Å². The van der Waals surface area contributed by atoms with Gasteiger partial charge in [-0.3, -0.25) is 14.7 Å². The standard InChI is InChI=1S/C10H15N3O/c1-13(2,3)9-6-4-8(5-7-9)10(14)12-11/h4-7H,11H2,1-3H3/p+1. The van der Waals surface area contributed by atoms with E-state index in [-0.39, 0.29) is 5.91 Å². The quantitative estimate of drug-likeness (QED) is 0.311. The van der Waals surface area contributed by atoms with Crippen LogP contribution in [0.5, 0.6) is 0 Å². The molecule has 1 aromatic carbocycles. The largest absolute Gasteiger partial charge is 0.298 e. The minimum absolute atomic E-state index is 0.266. The van der Waals surface area contributed by atoms with Gasteiger partial charge in [-0.25, -0.2) is 5.84 Å². The number of nitrogens with zero attached hydrogens (tertiary/aromatic N) is 1. The summed E-state index contributed by atoms with van der Waals surface area (Å²) in [5.41, 5.74) is 3.81. The number of nitrogens with one attached hydrogen (secondary N) is 1. The van der Waals surface area contributed by atoms with Crippen LogP contribution in [0.4, 0.5) is 5.69 Å². The molecule has 3 N–H and O–H groups in total. The predicted octanol–water partition coefficient (Wildman–Crippen LogP) is 0.487. The minimum atomic E-state index is -0.266. The van der Waals surface area contributed by atoms with Gasteiger partial charge in [-0.2, -0.15) is 0 Å². The molecule has 0 spiro atoms. The number of amides is 1. The zero-order valence-corrected chi connectivity index (χ0v) is 8.74. The molecule has 14 heavy (non-hydrogen) atoms. The first-order valence-electron chi connectivity index (χ1n) is 4.38. The second-order valence-electron chi connectivity index (χ2n) is 4.03. The summed E-state index contributed by atoms with van der Waals surface area (Å²) in [6.07, 6.45) is 0. The van der Waals surface area contributed by atoms with Crippen molar-refractivity contribution in [3.63, 3.8) is 0 Å². The van der Waals surface area contributed by atoms with Crippen molar-refractivity contribution < 1.29 is 4.79 Å². The zero-order chi connectivity index (χ0) is 10.8. The average Bonchev–Trinajstić information content (AvgIpc) is 2.15. The zero-order valence-electron chi connectivity index (χ0n) is 8.74. The summed E-state index contributed by atoms with van der Waals surface area (Å²) in [4.78, 5) is 11.1. The van der Waals surface area contributed by atoms with Crippen molar-refractivity contribution >= 4 is 11.6 Å². The van der Waals surface area contributed by atoms with Gasteiger partial charge in [-0.15, -0.1) is 0 Å². The van der Waals surface area contributed by atoms with E-state index in [4.69, 9.17) is 5.84 Å². The van der Waals surface area contributed by atoms with E-state index in [0.717, 1.165) is 10.2 Å². The molecule has 0 atom stereocenters. The van der Waals surface area contributed by atoms with Gasteiger partial charge < -0.3 is 0 Å². The van der Waals surface area contributed by atoms with Crippen LogP contribution in [-0.4, -0.2) is 27.1 Å².